The molecule has 0 saturated carbocycles. The van der Waals surface area contributed by atoms with E-state index >= 15 is 0 Å². The van der Waals surface area contributed by atoms with E-state index in [2.05, 4.69) is 21.2 Å². The summed E-state index contributed by atoms with van der Waals surface area (Å²) in [6.45, 7) is 0. The van der Waals surface area contributed by atoms with Crippen molar-refractivity contribution in [3.63, 3.8) is 0 Å². The molecule has 1 aromatic heterocycles. The van der Waals surface area contributed by atoms with E-state index in [1.807, 2.05) is 0 Å². The first kappa shape index (κ1) is 22.0. The average molecular weight is 511 g/mol. The van der Waals surface area contributed by atoms with E-state index < -0.39 is 23.8 Å². The molecule has 0 aliphatic carbocycles. The summed E-state index contributed by atoms with van der Waals surface area (Å²) >= 11 is 3.32. The first-order valence-corrected chi connectivity index (χ1v) is 10.3. The van der Waals surface area contributed by atoms with Gasteiger partial charge < -0.3 is 13.9 Å². The predicted octanol–water partition coefficient (Wildman–Crippen LogP) is 3.94. The van der Waals surface area contributed by atoms with Crippen molar-refractivity contribution in [1.29, 1.82) is 0 Å². The highest BCUT2D eigenvalue weighted by Gasteiger charge is 2.37. The van der Waals surface area contributed by atoms with Crippen LogP contribution in [0.3, 0.4) is 0 Å². The molecule has 0 unspecified atom stereocenters. The number of urea groups is 1. The van der Waals surface area contributed by atoms with E-state index in [9.17, 15) is 19.2 Å². The topological polar surface area (TPSA) is 115 Å². The van der Waals surface area contributed by atoms with Crippen molar-refractivity contribution in [2.45, 2.75) is 0 Å². The monoisotopic (exact) mass is 510 g/mol. The number of barbiturate groups is 1. The van der Waals surface area contributed by atoms with Gasteiger partial charge in [-0.25, -0.2) is 14.5 Å². The minimum atomic E-state index is -0.894. The second-order valence-electron chi connectivity index (χ2n) is 6.71. The molecule has 2 heterocycles. The van der Waals surface area contributed by atoms with Crippen LogP contribution in [0, 0.1) is 0 Å². The zero-order valence-electron chi connectivity index (χ0n) is 17.0. The van der Waals surface area contributed by atoms with Crippen LogP contribution in [0.5, 0.6) is 11.5 Å². The van der Waals surface area contributed by atoms with Crippen molar-refractivity contribution in [3.05, 3.63) is 82.2 Å². The molecule has 10 heteroatoms. The van der Waals surface area contributed by atoms with Gasteiger partial charge in [-0.05, 0) is 48.5 Å². The Bertz CT molecular complexity index is 1300. The maximum absolute atomic E-state index is 13.2. The van der Waals surface area contributed by atoms with Gasteiger partial charge in [0.05, 0.1) is 19.1 Å². The molecule has 2 aromatic carbocycles. The van der Waals surface area contributed by atoms with Gasteiger partial charge in [0.15, 0.2) is 0 Å². The predicted molar refractivity (Wildman–Crippen MR) is 120 cm³/mol. The van der Waals surface area contributed by atoms with Crippen molar-refractivity contribution >= 4 is 51.5 Å². The van der Waals surface area contributed by atoms with Crippen LogP contribution in [0.15, 0.2) is 75.3 Å². The Morgan fingerprint density at radius 3 is 2.64 bits per heavy atom. The molecule has 1 aliphatic rings. The van der Waals surface area contributed by atoms with Crippen molar-refractivity contribution in [3.8, 4) is 11.5 Å². The molecule has 0 bridgehead atoms. The summed E-state index contributed by atoms with van der Waals surface area (Å²) in [5.41, 5.74) is 0.141. The molecular weight excluding hydrogens is 496 g/mol. The van der Waals surface area contributed by atoms with Crippen LogP contribution >= 0.6 is 15.9 Å². The number of amides is 4. The van der Waals surface area contributed by atoms with E-state index in [1.54, 1.807) is 24.3 Å². The highest BCUT2D eigenvalue weighted by molar-refractivity contribution is 9.10. The Morgan fingerprint density at radius 1 is 1.09 bits per heavy atom. The SMILES string of the molecule is COc1cccc(N2C(=O)NC(=O)/C(=C/c3cc(Br)ccc3OC(=O)c3ccco3)C2=O)c1. The molecule has 9 nitrogen and oxygen atoms in total. The summed E-state index contributed by atoms with van der Waals surface area (Å²) in [5, 5.41) is 2.15. The van der Waals surface area contributed by atoms with Crippen molar-refractivity contribution in [2.75, 3.05) is 12.0 Å². The number of rotatable bonds is 5. The fourth-order valence-corrected chi connectivity index (χ4v) is 3.45. The Hall–Kier alpha value is -4.18. The molecular formula is C23H15BrN2O7. The number of hydrogen-bond acceptors (Lipinski definition) is 7. The van der Waals surface area contributed by atoms with Gasteiger partial charge in [0.2, 0.25) is 5.76 Å². The molecule has 4 amide bonds. The van der Waals surface area contributed by atoms with Crippen LogP contribution in [0.25, 0.3) is 6.08 Å². The molecule has 0 spiro atoms. The smallest absolute Gasteiger partial charge is 0.379 e. The van der Waals surface area contributed by atoms with E-state index in [-0.39, 0.29) is 28.3 Å². The Balaban J connectivity index is 1.72. The molecule has 1 saturated heterocycles. The lowest BCUT2D eigenvalue weighted by molar-refractivity contribution is -0.122. The number of halogens is 1. The minimum Gasteiger partial charge on any atom is -0.497 e. The summed E-state index contributed by atoms with van der Waals surface area (Å²) in [6.07, 6.45) is 2.57. The van der Waals surface area contributed by atoms with Crippen LogP contribution in [0.1, 0.15) is 16.1 Å². The van der Waals surface area contributed by atoms with E-state index in [1.165, 1.54) is 49.8 Å². The van der Waals surface area contributed by atoms with Crippen molar-refractivity contribution < 1.29 is 33.1 Å². The lowest BCUT2D eigenvalue weighted by Crippen LogP contribution is -2.54. The first-order chi connectivity index (χ1) is 15.9. The highest BCUT2D eigenvalue weighted by Crippen LogP contribution is 2.29. The van der Waals surface area contributed by atoms with Gasteiger partial charge in [-0.2, -0.15) is 0 Å². The number of carbonyl (C=O) groups is 4. The number of anilines is 1. The zero-order chi connectivity index (χ0) is 23.5. The summed E-state index contributed by atoms with van der Waals surface area (Å²) in [5.74, 6) is -1.99. The number of imide groups is 2. The van der Waals surface area contributed by atoms with Crippen LogP contribution in [0.2, 0.25) is 0 Å². The number of esters is 1. The Labute approximate surface area is 195 Å². The van der Waals surface area contributed by atoms with Gasteiger partial charge in [0.25, 0.3) is 11.8 Å². The van der Waals surface area contributed by atoms with Crippen LogP contribution in [0.4, 0.5) is 10.5 Å². The van der Waals surface area contributed by atoms with Crippen LogP contribution in [-0.4, -0.2) is 30.9 Å². The maximum Gasteiger partial charge on any atom is 0.379 e. The second kappa shape index (κ2) is 9.13. The van der Waals surface area contributed by atoms with Gasteiger partial charge in [-0.15, -0.1) is 0 Å². The molecule has 33 heavy (non-hydrogen) atoms. The van der Waals surface area contributed by atoms with Gasteiger partial charge in [0.1, 0.15) is 17.1 Å². The molecule has 4 rings (SSSR count). The van der Waals surface area contributed by atoms with Crippen LogP contribution < -0.4 is 19.7 Å². The number of carbonyl (C=O) groups excluding carboxylic acids is 4. The summed E-state index contributed by atoms with van der Waals surface area (Å²) in [4.78, 5) is 51.2. The van der Waals surface area contributed by atoms with Crippen molar-refractivity contribution in [1.82, 2.24) is 5.32 Å². The lowest BCUT2D eigenvalue weighted by Gasteiger charge is -2.26. The number of nitrogens with one attached hydrogen (secondary N) is 1. The fraction of sp³-hybridized carbons (Fsp3) is 0.0435. The van der Waals surface area contributed by atoms with Gasteiger partial charge in [0, 0.05) is 16.1 Å². The largest absolute Gasteiger partial charge is 0.497 e. The normalized spacial score (nSPS) is 14.9. The zero-order valence-corrected chi connectivity index (χ0v) is 18.6. The van der Waals surface area contributed by atoms with E-state index in [4.69, 9.17) is 13.9 Å². The molecule has 3 aromatic rings. The van der Waals surface area contributed by atoms with Gasteiger partial charge >= 0.3 is 12.0 Å². The third kappa shape index (κ3) is 4.55. The number of benzene rings is 2. The van der Waals surface area contributed by atoms with Gasteiger partial charge in [-0.1, -0.05) is 22.0 Å². The van der Waals surface area contributed by atoms with E-state index in [0.29, 0.717) is 10.2 Å². The molecule has 1 fully saturated rings. The number of methoxy groups -OCH3 is 1. The first-order valence-electron chi connectivity index (χ1n) is 9.48. The Morgan fingerprint density at radius 2 is 1.91 bits per heavy atom. The molecule has 1 N–H and O–H groups in total. The lowest BCUT2D eigenvalue weighted by atomic mass is 10.1. The third-order valence-electron chi connectivity index (χ3n) is 4.61. The number of ether oxygens (including phenoxy) is 2. The van der Waals surface area contributed by atoms with Crippen molar-refractivity contribution in [2.24, 2.45) is 0 Å². The minimum absolute atomic E-state index is 0.0159. The molecule has 166 valence electrons. The molecule has 1 aliphatic heterocycles. The number of furan rings is 1. The van der Waals surface area contributed by atoms with E-state index in [0.717, 1.165) is 4.90 Å². The average Bonchev–Trinajstić information content (AvgIpc) is 3.33. The third-order valence-corrected chi connectivity index (χ3v) is 5.10. The summed E-state index contributed by atoms with van der Waals surface area (Å²) < 4.78 is 16.2. The van der Waals surface area contributed by atoms with Gasteiger partial charge in [-0.3, -0.25) is 14.9 Å². The van der Waals surface area contributed by atoms with Crippen LogP contribution in [-0.2, 0) is 9.59 Å². The quantitative estimate of drug-likeness (QED) is 0.239. The summed E-state index contributed by atoms with van der Waals surface area (Å²) in [6, 6.07) is 13.0. The molecule has 0 radical (unpaired) electrons. The summed E-state index contributed by atoms with van der Waals surface area (Å²) in [7, 11) is 1.45. The standard InChI is InChI=1S/C23H15BrN2O7/c1-31-16-5-2-4-15(12-16)26-21(28)17(20(27)25-23(26)30)11-13-10-14(24)7-8-18(13)33-22(29)19-6-3-9-32-19/h2-12H,1H3,(H,25,27,30)/b17-11-. The molecule has 0 atom stereocenters. The highest BCUT2D eigenvalue weighted by atomic mass is 79.9. The Kier molecular flexibility index (Phi) is 6.09. The number of nitrogens with zero attached hydrogens (tertiary/aromatic N) is 1. The second-order valence-corrected chi connectivity index (χ2v) is 7.62. The fourth-order valence-electron chi connectivity index (χ4n) is 3.07. The number of hydrogen-bond donors (Lipinski definition) is 1. The maximum atomic E-state index is 13.2.